The van der Waals surface area contributed by atoms with Gasteiger partial charge in [0.05, 0.1) is 36.6 Å². The van der Waals surface area contributed by atoms with E-state index in [0.29, 0.717) is 36.5 Å². The van der Waals surface area contributed by atoms with Gasteiger partial charge in [0.15, 0.2) is 0 Å². The van der Waals surface area contributed by atoms with Gasteiger partial charge in [-0.15, -0.1) is 6.42 Å². The fraction of sp³-hybridized carbons (Fsp3) is 0.269. The standard InChI is InChI=1S/C26H25N5O4/c1-2-17-5-3-6-18(11-17)29-26-19-12-21(22(32)13-20(19)27-16-28-26)30-25(33)7-4-8-31-14-23-24(15-31)35-10-9-34-23/h1,3-7,11-13,16,23-24,32H,8-10,14-15H2,(H,30,33)(H,27,28,29). The van der Waals surface area contributed by atoms with Crippen LogP contribution in [0.15, 0.2) is 54.9 Å². The minimum atomic E-state index is -0.350. The Bertz CT molecular complexity index is 1300. The predicted molar refractivity (Wildman–Crippen MR) is 133 cm³/mol. The number of phenolic OH excluding ortho intramolecular Hbond substituents is 1. The molecule has 2 aliphatic heterocycles. The number of rotatable bonds is 6. The summed E-state index contributed by atoms with van der Waals surface area (Å²) in [4.78, 5) is 23.3. The molecule has 0 saturated carbocycles. The zero-order valence-electron chi connectivity index (χ0n) is 19.0. The first-order chi connectivity index (χ1) is 17.1. The van der Waals surface area contributed by atoms with Crippen LogP contribution in [0.5, 0.6) is 5.75 Å². The van der Waals surface area contributed by atoms with Crippen molar-refractivity contribution < 1.29 is 19.4 Å². The maximum atomic E-state index is 12.5. The third-order valence-electron chi connectivity index (χ3n) is 5.97. The molecule has 2 unspecified atom stereocenters. The summed E-state index contributed by atoms with van der Waals surface area (Å²) in [5.74, 6) is 2.69. The first-order valence-electron chi connectivity index (χ1n) is 11.3. The second kappa shape index (κ2) is 10.1. The van der Waals surface area contributed by atoms with E-state index in [1.807, 2.05) is 24.3 Å². The number of hydrogen-bond donors (Lipinski definition) is 3. The van der Waals surface area contributed by atoms with Gasteiger partial charge in [-0.25, -0.2) is 9.97 Å². The van der Waals surface area contributed by atoms with Crippen molar-refractivity contribution in [2.24, 2.45) is 0 Å². The van der Waals surface area contributed by atoms with Crippen molar-refractivity contribution in [3.8, 4) is 18.1 Å². The minimum Gasteiger partial charge on any atom is -0.506 e. The van der Waals surface area contributed by atoms with E-state index >= 15 is 0 Å². The fourth-order valence-corrected chi connectivity index (χ4v) is 4.29. The van der Waals surface area contributed by atoms with Crippen LogP contribution in [0.2, 0.25) is 0 Å². The molecule has 0 radical (unpaired) electrons. The Balaban J connectivity index is 1.27. The van der Waals surface area contributed by atoms with Crippen LogP contribution in [0.3, 0.4) is 0 Å². The summed E-state index contributed by atoms with van der Waals surface area (Å²) >= 11 is 0. The van der Waals surface area contributed by atoms with Gasteiger partial charge in [-0.2, -0.15) is 0 Å². The molecule has 9 nitrogen and oxygen atoms in total. The molecule has 0 spiro atoms. The lowest BCUT2D eigenvalue weighted by Gasteiger charge is -2.24. The smallest absolute Gasteiger partial charge is 0.248 e. The number of nitrogens with one attached hydrogen (secondary N) is 2. The van der Waals surface area contributed by atoms with Gasteiger partial charge < -0.3 is 25.2 Å². The van der Waals surface area contributed by atoms with Crippen LogP contribution in [0.1, 0.15) is 5.56 Å². The molecule has 2 atom stereocenters. The number of carbonyl (C=O) groups is 1. The van der Waals surface area contributed by atoms with Crippen molar-refractivity contribution in [1.29, 1.82) is 0 Å². The van der Waals surface area contributed by atoms with E-state index in [1.54, 1.807) is 12.1 Å². The topological polar surface area (TPSA) is 109 Å². The summed E-state index contributed by atoms with van der Waals surface area (Å²) in [5.41, 5.74) is 2.29. The Morgan fingerprint density at radius 3 is 2.77 bits per heavy atom. The second-order valence-corrected chi connectivity index (χ2v) is 8.39. The highest BCUT2D eigenvalue weighted by Crippen LogP contribution is 2.32. The molecule has 0 aliphatic carbocycles. The van der Waals surface area contributed by atoms with Gasteiger partial charge in [0.1, 0.15) is 17.9 Å². The molecule has 3 heterocycles. The highest BCUT2D eigenvalue weighted by Gasteiger charge is 2.35. The molecule has 1 amide bonds. The summed E-state index contributed by atoms with van der Waals surface area (Å²) in [6.45, 7) is 3.42. The molecule has 178 valence electrons. The number of hydrogen-bond acceptors (Lipinski definition) is 8. The Hall–Kier alpha value is -3.97. The van der Waals surface area contributed by atoms with Crippen molar-refractivity contribution >= 4 is 34.0 Å². The monoisotopic (exact) mass is 471 g/mol. The molecule has 35 heavy (non-hydrogen) atoms. The summed E-state index contributed by atoms with van der Waals surface area (Å²) in [6, 6.07) is 10.5. The number of benzene rings is 2. The lowest BCUT2D eigenvalue weighted by atomic mass is 10.1. The third kappa shape index (κ3) is 5.25. The Morgan fingerprint density at radius 2 is 2.00 bits per heavy atom. The van der Waals surface area contributed by atoms with Crippen molar-refractivity contribution in [2.45, 2.75) is 12.2 Å². The van der Waals surface area contributed by atoms with Gasteiger partial charge in [0.2, 0.25) is 5.91 Å². The van der Waals surface area contributed by atoms with Gasteiger partial charge in [-0.3, -0.25) is 9.69 Å². The second-order valence-electron chi connectivity index (χ2n) is 8.39. The van der Waals surface area contributed by atoms with Gasteiger partial charge >= 0.3 is 0 Å². The molecule has 0 bridgehead atoms. The van der Waals surface area contributed by atoms with Crippen LogP contribution in [-0.2, 0) is 14.3 Å². The quantitative estimate of drug-likeness (QED) is 0.286. The molecule has 2 fully saturated rings. The van der Waals surface area contributed by atoms with Crippen LogP contribution >= 0.6 is 0 Å². The van der Waals surface area contributed by atoms with E-state index < -0.39 is 0 Å². The van der Waals surface area contributed by atoms with Crippen molar-refractivity contribution in [3.05, 3.63) is 60.4 Å². The number of aromatic nitrogens is 2. The summed E-state index contributed by atoms with van der Waals surface area (Å²) < 4.78 is 11.4. The SMILES string of the molecule is C#Cc1cccc(Nc2ncnc3cc(O)c(NC(=O)C=CCN4CC5OCCOC5C4)cc23)c1. The number of amides is 1. The van der Waals surface area contributed by atoms with E-state index in [0.717, 1.165) is 24.3 Å². The minimum absolute atomic E-state index is 0.0869. The summed E-state index contributed by atoms with van der Waals surface area (Å²) in [5, 5.41) is 17.0. The van der Waals surface area contributed by atoms with E-state index in [-0.39, 0.29) is 29.6 Å². The first-order valence-corrected chi connectivity index (χ1v) is 11.3. The van der Waals surface area contributed by atoms with E-state index in [2.05, 4.69) is 31.4 Å². The molecule has 1 aromatic heterocycles. The molecule has 2 aliphatic rings. The zero-order chi connectivity index (χ0) is 24.2. The van der Waals surface area contributed by atoms with E-state index in [1.165, 1.54) is 18.5 Å². The van der Waals surface area contributed by atoms with Gasteiger partial charge in [-0.1, -0.05) is 18.1 Å². The highest BCUT2D eigenvalue weighted by atomic mass is 16.6. The maximum absolute atomic E-state index is 12.5. The number of carbonyl (C=O) groups excluding carboxylic acids is 1. The van der Waals surface area contributed by atoms with Crippen molar-refractivity contribution in [1.82, 2.24) is 14.9 Å². The van der Waals surface area contributed by atoms with Gasteiger partial charge in [-0.05, 0) is 24.3 Å². The van der Waals surface area contributed by atoms with Crippen LogP contribution in [0, 0.1) is 12.3 Å². The highest BCUT2D eigenvalue weighted by molar-refractivity contribution is 6.03. The third-order valence-corrected chi connectivity index (χ3v) is 5.97. The molecule has 2 saturated heterocycles. The molecule has 2 aromatic carbocycles. The van der Waals surface area contributed by atoms with E-state index in [4.69, 9.17) is 15.9 Å². The number of ether oxygens (including phenoxy) is 2. The van der Waals surface area contributed by atoms with Crippen LogP contribution < -0.4 is 10.6 Å². The lowest BCUT2D eigenvalue weighted by molar-refractivity contribution is -0.116. The number of terminal acetylenes is 1. The Labute approximate surface area is 202 Å². The molecule has 5 rings (SSSR count). The van der Waals surface area contributed by atoms with E-state index in [9.17, 15) is 9.90 Å². The molecule has 3 aromatic rings. The Kier molecular flexibility index (Phi) is 6.59. The average molecular weight is 472 g/mol. The van der Waals surface area contributed by atoms with Crippen LogP contribution in [-0.4, -0.2) is 70.9 Å². The van der Waals surface area contributed by atoms with Gasteiger partial charge in [0.25, 0.3) is 0 Å². The number of fused-ring (bicyclic) bond motifs is 2. The first kappa shape index (κ1) is 22.8. The predicted octanol–water partition coefficient (Wildman–Crippen LogP) is 2.65. The molecule has 3 N–H and O–H groups in total. The fourth-order valence-electron chi connectivity index (χ4n) is 4.29. The number of likely N-dealkylation sites (tertiary alicyclic amines) is 1. The number of anilines is 3. The van der Waals surface area contributed by atoms with Gasteiger partial charge in [0, 0.05) is 48.4 Å². The van der Waals surface area contributed by atoms with Crippen molar-refractivity contribution in [3.63, 3.8) is 0 Å². The molecule has 9 heteroatoms. The lowest BCUT2D eigenvalue weighted by Crippen LogP contribution is -2.36. The maximum Gasteiger partial charge on any atom is 0.248 e. The summed E-state index contributed by atoms with van der Waals surface area (Å²) in [6.07, 6.45) is 10.3. The van der Waals surface area contributed by atoms with Crippen LogP contribution in [0.25, 0.3) is 10.9 Å². The Morgan fingerprint density at radius 1 is 1.20 bits per heavy atom. The summed E-state index contributed by atoms with van der Waals surface area (Å²) in [7, 11) is 0. The normalized spacial score (nSPS) is 20.0. The largest absolute Gasteiger partial charge is 0.506 e. The molecular formula is C26H25N5O4. The number of nitrogens with zero attached hydrogens (tertiary/aromatic N) is 3. The zero-order valence-corrected chi connectivity index (χ0v) is 19.0. The number of aromatic hydroxyl groups is 1. The number of phenols is 1. The average Bonchev–Trinajstić information content (AvgIpc) is 3.28. The molecular weight excluding hydrogens is 446 g/mol. The van der Waals surface area contributed by atoms with Crippen LogP contribution in [0.4, 0.5) is 17.2 Å². The van der Waals surface area contributed by atoms with Crippen molar-refractivity contribution in [2.75, 3.05) is 43.5 Å².